The first kappa shape index (κ1) is 11.7. The summed E-state index contributed by atoms with van der Waals surface area (Å²) in [4.78, 5) is 37.3. The Hall–Kier alpha value is -1.39. The lowest BCUT2D eigenvalue weighted by atomic mass is 9.66. The summed E-state index contributed by atoms with van der Waals surface area (Å²) in [5.41, 5.74) is -0.910. The minimum Gasteiger partial charge on any atom is -0.277 e. The molecule has 18 heavy (non-hydrogen) atoms. The summed E-state index contributed by atoms with van der Waals surface area (Å²) in [7, 11) is 0. The fourth-order valence-corrected chi connectivity index (χ4v) is 3.32. The van der Waals surface area contributed by atoms with Gasteiger partial charge in [0.25, 0.3) is 0 Å². The summed E-state index contributed by atoms with van der Waals surface area (Å²) in [6.45, 7) is 0.486. The van der Waals surface area contributed by atoms with Crippen molar-refractivity contribution < 1.29 is 14.4 Å². The highest BCUT2D eigenvalue weighted by Crippen LogP contribution is 2.44. The predicted octanol–water partition coefficient (Wildman–Crippen LogP) is 1.43. The number of carbonyl (C=O) groups is 3. The third-order valence-corrected chi connectivity index (χ3v) is 4.68. The van der Waals surface area contributed by atoms with Gasteiger partial charge in [-0.2, -0.15) is 0 Å². The van der Waals surface area contributed by atoms with Crippen LogP contribution in [0.5, 0.6) is 0 Å². The van der Waals surface area contributed by atoms with Gasteiger partial charge in [-0.15, -0.1) is 0 Å². The van der Waals surface area contributed by atoms with E-state index in [0.29, 0.717) is 25.3 Å². The zero-order valence-electron chi connectivity index (χ0n) is 10.4. The molecular formula is C13H18N2O3. The van der Waals surface area contributed by atoms with E-state index in [4.69, 9.17) is 0 Å². The van der Waals surface area contributed by atoms with Crippen molar-refractivity contribution in [1.82, 2.24) is 10.2 Å². The number of carbonyl (C=O) groups excluding carboxylic acids is 3. The molecule has 0 unspecified atom stereocenters. The SMILES string of the molecule is O=C1NC(=O)C2(CCC2)C(=O)N1CC1CCCC1. The maximum Gasteiger partial charge on any atom is 0.330 e. The van der Waals surface area contributed by atoms with Crippen LogP contribution in [0.25, 0.3) is 0 Å². The highest BCUT2D eigenvalue weighted by molar-refractivity contribution is 6.19. The molecule has 0 aromatic heterocycles. The number of nitrogens with one attached hydrogen (secondary N) is 1. The maximum absolute atomic E-state index is 12.4. The molecule has 2 saturated carbocycles. The molecule has 1 aliphatic heterocycles. The van der Waals surface area contributed by atoms with E-state index in [1.807, 2.05) is 0 Å². The van der Waals surface area contributed by atoms with Gasteiger partial charge in [-0.05, 0) is 31.6 Å². The molecule has 3 aliphatic rings. The third-order valence-electron chi connectivity index (χ3n) is 4.68. The third kappa shape index (κ3) is 1.56. The molecule has 5 nitrogen and oxygen atoms in total. The van der Waals surface area contributed by atoms with Crippen LogP contribution in [0, 0.1) is 11.3 Å². The van der Waals surface area contributed by atoms with Gasteiger partial charge in [0.05, 0.1) is 0 Å². The van der Waals surface area contributed by atoms with Crippen molar-refractivity contribution in [3.05, 3.63) is 0 Å². The van der Waals surface area contributed by atoms with Gasteiger partial charge in [-0.1, -0.05) is 19.3 Å². The Balaban J connectivity index is 1.77. The van der Waals surface area contributed by atoms with E-state index in [0.717, 1.165) is 19.3 Å². The molecule has 98 valence electrons. The molecule has 1 N–H and O–H groups in total. The number of nitrogens with zero attached hydrogens (tertiary/aromatic N) is 1. The van der Waals surface area contributed by atoms with Gasteiger partial charge < -0.3 is 0 Å². The van der Waals surface area contributed by atoms with Gasteiger partial charge in [0.2, 0.25) is 11.8 Å². The van der Waals surface area contributed by atoms with Gasteiger partial charge in [0.1, 0.15) is 5.41 Å². The van der Waals surface area contributed by atoms with Crippen molar-refractivity contribution in [2.75, 3.05) is 6.54 Å². The highest BCUT2D eigenvalue weighted by Gasteiger charge is 2.57. The van der Waals surface area contributed by atoms with Crippen LogP contribution < -0.4 is 5.32 Å². The van der Waals surface area contributed by atoms with Crippen molar-refractivity contribution in [3.63, 3.8) is 0 Å². The van der Waals surface area contributed by atoms with Crippen molar-refractivity contribution in [2.24, 2.45) is 11.3 Å². The van der Waals surface area contributed by atoms with Crippen LogP contribution in [0.3, 0.4) is 0 Å². The summed E-state index contributed by atoms with van der Waals surface area (Å²) in [5.74, 6) is -0.217. The second-order valence-corrected chi connectivity index (χ2v) is 5.76. The molecule has 0 aromatic rings. The molecular weight excluding hydrogens is 232 g/mol. The van der Waals surface area contributed by atoms with Gasteiger partial charge in [0, 0.05) is 6.54 Å². The Morgan fingerprint density at radius 1 is 1.11 bits per heavy atom. The van der Waals surface area contributed by atoms with Gasteiger partial charge in [-0.25, -0.2) is 4.79 Å². The first-order chi connectivity index (χ1) is 8.63. The number of urea groups is 1. The largest absolute Gasteiger partial charge is 0.330 e. The molecule has 1 spiro atoms. The molecule has 1 heterocycles. The molecule has 3 rings (SSSR count). The second-order valence-electron chi connectivity index (χ2n) is 5.76. The van der Waals surface area contributed by atoms with Crippen LogP contribution in [-0.2, 0) is 9.59 Å². The number of hydrogen-bond donors (Lipinski definition) is 1. The Labute approximate surface area is 106 Å². The van der Waals surface area contributed by atoms with Crippen LogP contribution in [0.15, 0.2) is 0 Å². The number of imide groups is 2. The molecule has 0 atom stereocenters. The summed E-state index contributed by atoms with van der Waals surface area (Å²) >= 11 is 0. The standard InChI is InChI=1S/C13H18N2O3/c16-10-13(6-3-7-13)11(17)15(12(18)14-10)8-9-4-1-2-5-9/h9H,1-8H2,(H,14,16,18). The summed E-state index contributed by atoms with van der Waals surface area (Å²) in [6.07, 6.45) is 6.59. The molecule has 1 saturated heterocycles. The lowest BCUT2D eigenvalue weighted by Gasteiger charge is -2.45. The normalized spacial score (nSPS) is 27.6. The minimum atomic E-state index is -0.910. The molecule has 0 aromatic carbocycles. The van der Waals surface area contributed by atoms with E-state index in [1.165, 1.54) is 17.7 Å². The monoisotopic (exact) mass is 250 g/mol. The van der Waals surface area contributed by atoms with E-state index in [2.05, 4.69) is 5.32 Å². The minimum absolute atomic E-state index is 0.255. The lowest BCUT2D eigenvalue weighted by Crippen LogP contribution is -2.66. The maximum atomic E-state index is 12.4. The fourth-order valence-electron chi connectivity index (χ4n) is 3.32. The molecule has 0 radical (unpaired) electrons. The average Bonchev–Trinajstić information content (AvgIpc) is 2.74. The number of amides is 4. The fraction of sp³-hybridized carbons (Fsp3) is 0.769. The predicted molar refractivity (Wildman–Crippen MR) is 63.5 cm³/mol. The quantitative estimate of drug-likeness (QED) is 0.754. The first-order valence-electron chi connectivity index (χ1n) is 6.81. The number of rotatable bonds is 2. The Kier molecular flexibility index (Phi) is 2.64. The molecule has 3 fully saturated rings. The first-order valence-corrected chi connectivity index (χ1v) is 6.81. The van der Waals surface area contributed by atoms with Crippen molar-refractivity contribution >= 4 is 17.8 Å². The summed E-state index contributed by atoms with van der Waals surface area (Å²) in [5, 5.41) is 2.35. The van der Waals surface area contributed by atoms with Gasteiger partial charge in [-0.3, -0.25) is 19.8 Å². The van der Waals surface area contributed by atoms with E-state index >= 15 is 0 Å². The van der Waals surface area contributed by atoms with Crippen LogP contribution in [0.2, 0.25) is 0 Å². The van der Waals surface area contributed by atoms with E-state index in [9.17, 15) is 14.4 Å². The van der Waals surface area contributed by atoms with Crippen LogP contribution in [-0.4, -0.2) is 29.3 Å². The Bertz CT molecular complexity index is 408. The van der Waals surface area contributed by atoms with Crippen molar-refractivity contribution in [2.45, 2.75) is 44.9 Å². The van der Waals surface area contributed by atoms with Gasteiger partial charge >= 0.3 is 6.03 Å². The van der Waals surface area contributed by atoms with E-state index < -0.39 is 11.4 Å². The van der Waals surface area contributed by atoms with Gasteiger partial charge in [0.15, 0.2) is 0 Å². The smallest absolute Gasteiger partial charge is 0.277 e. The molecule has 4 amide bonds. The Morgan fingerprint density at radius 3 is 2.33 bits per heavy atom. The van der Waals surface area contributed by atoms with Crippen LogP contribution in [0.4, 0.5) is 4.79 Å². The second kappa shape index (κ2) is 4.07. The lowest BCUT2D eigenvalue weighted by molar-refractivity contribution is -0.158. The zero-order valence-corrected chi connectivity index (χ0v) is 10.4. The molecule has 2 aliphatic carbocycles. The average molecular weight is 250 g/mol. The molecule has 5 heteroatoms. The zero-order chi connectivity index (χ0) is 12.8. The Morgan fingerprint density at radius 2 is 1.78 bits per heavy atom. The highest BCUT2D eigenvalue weighted by atomic mass is 16.2. The number of barbiturate groups is 1. The van der Waals surface area contributed by atoms with Crippen LogP contribution in [0.1, 0.15) is 44.9 Å². The van der Waals surface area contributed by atoms with Crippen molar-refractivity contribution in [1.29, 1.82) is 0 Å². The van der Waals surface area contributed by atoms with E-state index in [-0.39, 0.29) is 11.8 Å². The topological polar surface area (TPSA) is 66.5 Å². The number of hydrogen-bond acceptors (Lipinski definition) is 3. The van der Waals surface area contributed by atoms with Crippen LogP contribution >= 0.6 is 0 Å². The van der Waals surface area contributed by atoms with Crippen molar-refractivity contribution in [3.8, 4) is 0 Å². The summed E-state index contributed by atoms with van der Waals surface area (Å²) in [6, 6.07) is -0.519. The summed E-state index contributed by atoms with van der Waals surface area (Å²) < 4.78 is 0. The van der Waals surface area contributed by atoms with E-state index in [1.54, 1.807) is 0 Å². The molecule has 0 bridgehead atoms.